The lowest BCUT2D eigenvalue weighted by Gasteiger charge is -2.28. The summed E-state index contributed by atoms with van der Waals surface area (Å²) in [5.41, 5.74) is 1.02. The predicted octanol–water partition coefficient (Wildman–Crippen LogP) is 3.71. The number of hydrogen-bond donors (Lipinski definition) is 1. The van der Waals surface area contributed by atoms with Crippen molar-refractivity contribution >= 4 is 16.3 Å². The molecule has 0 unspecified atom stereocenters. The van der Waals surface area contributed by atoms with Crippen molar-refractivity contribution < 1.29 is 4.92 Å². The molecule has 4 nitrogen and oxygen atoms in total. The van der Waals surface area contributed by atoms with Crippen LogP contribution in [0.15, 0.2) is 11.4 Å². The van der Waals surface area contributed by atoms with Crippen molar-refractivity contribution in [3.63, 3.8) is 0 Å². The van der Waals surface area contributed by atoms with Crippen LogP contribution in [0, 0.1) is 16.0 Å². The van der Waals surface area contributed by atoms with Gasteiger partial charge in [-0.05, 0) is 31.2 Å². The molecular weight excluding hydrogens is 248 g/mol. The van der Waals surface area contributed by atoms with E-state index < -0.39 is 0 Å². The summed E-state index contributed by atoms with van der Waals surface area (Å²) in [6, 6.07) is 2.18. The van der Waals surface area contributed by atoms with Gasteiger partial charge in [0.2, 0.25) is 0 Å². The van der Waals surface area contributed by atoms with E-state index in [2.05, 4.69) is 12.2 Å². The van der Waals surface area contributed by atoms with Crippen molar-refractivity contribution in [1.82, 2.24) is 5.32 Å². The molecule has 1 heterocycles. The number of hydrogen-bond acceptors (Lipinski definition) is 4. The molecule has 1 saturated carbocycles. The Labute approximate surface area is 112 Å². The minimum absolute atomic E-state index is 0.233. The number of nitro groups is 1. The smallest absolute Gasteiger partial charge is 0.310 e. The average Bonchev–Trinajstić information content (AvgIpc) is 2.86. The Morgan fingerprint density at radius 3 is 2.83 bits per heavy atom. The SMILES string of the molecule is C[C@H](NCc1csc([N+](=O)[O-])c1)C1CCCCC1. The van der Waals surface area contributed by atoms with Crippen LogP contribution in [0.25, 0.3) is 0 Å². The largest absolute Gasteiger partial charge is 0.324 e. The maximum Gasteiger partial charge on any atom is 0.324 e. The van der Waals surface area contributed by atoms with Crippen LogP contribution in [0.2, 0.25) is 0 Å². The van der Waals surface area contributed by atoms with Gasteiger partial charge in [-0.3, -0.25) is 10.1 Å². The van der Waals surface area contributed by atoms with Gasteiger partial charge in [0.05, 0.1) is 4.92 Å². The molecule has 0 spiro atoms. The molecule has 0 saturated heterocycles. The maximum absolute atomic E-state index is 10.6. The Morgan fingerprint density at radius 2 is 2.22 bits per heavy atom. The van der Waals surface area contributed by atoms with Crippen LogP contribution in [-0.4, -0.2) is 11.0 Å². The zero-order chi connectivity index (χ0) is 13.0. The molecule has 0 aliphatic heterocycles. The molecule has 0 amide bonds. The highest BCUT2D eigenvalue weighted by molar-refractivity contribution is 7.13. The molecule has 1 N–H and O–H groups in total. The molecule has 18 heavy (non-hydrogen) atoms. The van der Waals surface area contributed by atoms with E-state index in [1.54, 1.807) is 6.07 Å². The summed E-state index contributed by atoms with van der Waals surface area (Å²) in [5, 5.41) is 16.2. The summed E-state index contributed by atoms with van der Waals surface area (Å²) in [5.74, 6) is 0.771. The van der Waals surface area contributed by atoms with E-state index in [0.717, 1.165) is 18.0 Å². The van der Waals surface area contributed by atoms with Crippen molar-refractivity contribution in [3.05, 3.63) is 27.1 Å². The first-order valence-electron chi connectivity index (χ1n) is 6.62. The Morgan fingerprint density at radius 1 is 1.50 bits per heavy atom. The minimum Gasteiger partial charge on any atom is -0.310 e. The summed E-state index contributed by atoms with van der Waals surface area (Å²) in [7, 11) is 0. The van der Waals surface area contributed by atoms with Crippen LogP contribution in [0.5, 0.6) is 0 Å². The molecular formula is C13H20N2O2S. The van der Waals surface area contributed by atoms with Crippen molar-refractivity contribution in [2.75, 3.05) is 0 Å². The van der Waals surface area contributed by atoms with Crippen LogP contribution >= 0.6 is 11.3 Å². The van der Waals surface area contributed by atoms with Crippen LogP contribution < -0.4 is 5.32 Å². The summed E-state index contributed by atoms with van der Waals surface area (Å²) >= 11 is 1.21. The summed E-state index contributed by atoms with van der Waals surface area (Å²) < 4.78 is 0. The zero-order valence-corrected chi connectivity index (χ0v) is 11.5. The molecule has 1 atom stereocenters. The molecule has 1 aromatic rings. The van der Waals surface area contributed by atoms with Crippen LogP contribution in [0.1, 0.15) is 44.6 Å². The van der Waals surface area contributed by atoms with E-state index in [1.165, 1.54) is 43.4 Å². The topological polar surface area (TPSA) is 55.2 Å². The van der Waals surface area contributed by atoms with Gasteiger partial charge in [-0.1, -0.05) is 30.6 Å². The summed E-state index contributed by atoms with van der Waals surface area (Å²) in [4.78, 5) is 10.3. The molecule has 0 radical (unpaired) electrons. The zero-order valence-electron chi connectivity index (χ0n) is 10.7. The first-order chi connectivity index (χ1) is 8.66. The first kappa shape index (κ1) is 13.5. The van der Waals surface area contributed by atoms with E-state index in [-0.39, 0.29) is 9.92 Å². The third kappa shape index (κ3) is 3.53. The fourth-order valence-electron chi connectivity index (χ4n) is 2.63. The van der Waals surface area contributed by atoms with Crippen LogP contribution in [-0.2, 0) is 6.54 Å². The number of rotatable bonds is 5. The van der Waals surface area contributed by atoms with Gasteiger partial charge in [-0.2, -0.15) is 0 Å². The summed E-state index contributed by atoms with van der Waals surface area (Å²) in [6.45, 7) is 2.97. The third-order valence-electron chi connectivity index (χ3n) is 3.80. The standard InChI is InChI=1S/C13H20N2O2S/c1-10(12-5-3-2-4-6-12)14-8-11-7-13(15(16)17)18-9-11/h7,9-10,12,14H,2-6,8H2,1H3/t10-/m0/s1. The molecule has 1 fully saturated rings. The maximum atomic E-state index is 10.6. The molecule has 5 heteroatoms. The summed E-state index contributed by atoms with van der Waals surface area (Å²) in [6.07, 6.45) is 6.71. The Hall–Kier alpha value is -0.940. The van der Waals surface area contributed by atoms with E-state index in [0.29, 0.717) is 6.04 Å². The van der Waals surface area contributed by atoms with Gasteiger partial charge in [0.1, 0.15) is 0 Å². The van der Waals surface area contributed by atoms with Gasteiger partial charge in [0.25, 0.3) is 0 Å². The second-order valence-corrected chi connectivity index (χ2v) is 6.01. The van der Waals surface area contributed by atoms with Gasteiger partial charge in [0.15, 0.2) is 0 Å². The van der Waals surface area contributed by atoms with Gasteiger partial charge in [0, 0.05) is 24.0 Å². The molecule has 1 aliphatic carbocycles. The van der Waals surface area contributed by atoms with E-state index in [4.69, 9.17) is 0 Å². The van der Waals surface area contributed by atoms with Gasteiger partial charge in [-0.25, -0.2) is 0 Å². The molecule has 2 rings (SSSR count). The molecule has 1 aromatic heterocycles. The lowest BCUT2D eigenvalue weighted by atomic mass is 9.84. The Bertz CT molecular complexity index is 399. The van der Waals surface area contributed by atoms with Crippen LogP contribution in [0.4, 0.5) is 5.00 Å². The van der Waals surface area contributed by atoms with Gasteiger partial charge >= 0.3 is 5.00 Å². The first-order valence-corrected chi connectivity index (χ1v) is 7.50. The highest BCUT2D eigenvalue weighted by Crippen LogP contribution is 2.27. The van der Waals surface area contributed by atoms with Gasteiger partial charge in [-0.15, -0.1) is 0 Å². The van der Waals surface area contributed by atoms with Crippen molar-refractivity contribution in [2.24, 2.45) is 5.92 Å². The van der Waals surface area contributed by atoms with Crippen molar-refractivity contribution in [3.8, 4) is 0 Å². The molecule has 0 bridgehead atoms. The quantitative estimate of drug-likeness (QED) is 0.654. The van der Waals surface area contributed by atoms with E-state index in [9.17, 15) is 10.1 Å². The Kier molecular flexibility index (Phi) is 4.72. The number of thiophene rings is 1. The van der Waals surface area contributed by atoms with Crippen molar-refractivity contribution in [1.29, 1.82) is 0 Å². The van der Waals surface area contributed by atoms with E-state index >= 15 is 0 Å². The molecule has 100 valence electrons. The number of nitrogens with zero attached hydrogens (tertiary/aromatic N) is 1. The monoisotopic (exact) mass is 268 g/mol. The van der Waals surface area contributed by atoms with Crippen molar-refractivity contribution in [2.45, 2.75) is 51.6 Å². The average molecular weight is 268 g/mol. The lowest BCUT2D eigenvalue weighted by molar-refractivity contribution is -0.380. The fraction of sp³-hybridized carbons (Fsp3) is 0.692. The second-order valence-electron chi connectivity index (χ2n) is 5.12. The molecule has 1 aliphatic rings. The number of nitrogens with one attached hydrogen (secondary N) is 1. The Balaban J connectivity index is 1.80. The highest BCUT2D eigenvalue weighted by Gasteiger charge is 2.19. The predicted molar refractivity (Wildman–Crippen MR) is 73.9 cm³/mol. The fourth-order valence-corrected chi connectivity index (χ4v) is 3.36. The highest BCUT2D eigenvalue weighted by atomic mass is 32.1. The van der Waals surface area contributed by atoms with Crippen LogP contribution in [0.3, 0.4) is 0 Å². The molecule has 0 aromatic carbocycles. The van der Waals surface area contributed by atoms with E-state index in [1.807, 2.05) is 5.38 Å². The minimum atomic E-state index is -0.321. The third-order valence-corrected chi connectivity index (χ3v) is 4.73. The normalized spacial score (nSPS) is 18.7. The lowest BCUT2D eigenvalue weighted by Crippen LogP contribution is -2.34. The second kappa shape index (κ2) is 6.29. The van der Waals surface area contributed by atoms with Gasteiger partial charge < -0.3 is 5.32 Å².